The minimum absolute atomic E-state index is 0.257. The SMILES string of the molecule is Oc1ccc(COCc2ccc(O)cc2)cc1.c1ccc(-c2ccccc2)cc1. The maximum absolute atomic E-state index is 9.12. The minimum atomic E-state index is 0.257. The molecule has 3 nitrogen and oxygen atoms in total. The Labute approximate surface area is 171 Å². The summed E-state index contributed by atoms with van der Waals surface area (Å²) in [7, 11) is 0. The summed E-state index contributed by atoms with van der Waals surface area (Å²) in [5, 5.41) is 18.2. The molecule has 4 aromatic carbocycles. The van der Waals surface area contributed by atoms with Crippen molar-refractivity contribution >= 4 is 0 Å². The van der Waals surface area contributed by atoms with Crippen molar-refractivity contribution in [1.82, 2.24) is 0 Å². The lowest BCUT2D eigenvalue weighted by Crippen LogP contribution is -1.93. The maximum Gasteiger partial charge on any atom is 0.115 e. The van der Waals surface area contributed by atoms with Gasteiger partial charge in [-0.25, -0.2) is 0 Å². The van der Waals surface area contributed by atoms with Gasteiger partial charge in [0.05, 0.1) is 13.2 Å². The molecule has 0 saturated heterocycles. The minimum Gasteiger partial charge on any atom is -0.508 e. The first-order chi connectivity index (χ1) is 14.2. The highest BCUT2D eigenvalue weighted by Crippen LogP contribution is 2.17. The van der Waals surface area contributed by atoms with Crippen LogP contribution in [0.2, 0.25) is 0 Å². The molecular weight excluding hydrogens is 360 g/mol. The van der Waals surface area contributed by atoms with Crippen LogP contribution in [0.1, 0.15) is 11.1 Å². The zero-order valence-corrected chi connectivity index (χ0v) is 16.1. The Morgan fingerprint density at radius 3 is 1.14 bits per heavy atom. The second-order valence-corrected chi connectivity index (χ2v) is 6.56. The molecule has 0 unspecified atom stereocenters. The molecule has 0 aromatic heterocycles. The van der Waals surface area contributed by atoms with E-state index in [2.05, 4.69) is 48.5 Å². The average Bonchev–Trinajstić information content (AvgIpc) is 2.78. The van der Waals surface area contributed by atoms with Gasteiger partial charge in [0.25, 0.3) is 0 Å². The van der Waals surface area contributed by atoms with Crippen molar-refractivity contribution in [2.45, 2.75) is 13.2 Å². The molecule has 3 heteroatoms. The Kier molecular flexibility index (Phi) is 7.44. The highest BCUT2D eigenvalue weighted by Gasteiger charge is 1.96. The zero-order chi connectivity index (χ0) is 20.3. The summed E-state index contributed by atoms with van der Waals surface area (Å²) in [6, 6.07) is 34.6. The fraction of sp³-hybridized carbons (Fsp3) is 0.0769. The van der Waals surface area contributed by atoms with E-state index in [1.807, 2.05) is 36.4 Å². The Hall–Kier alpha value is -3.56. The summed E-state index contributed by atoms with van der Waals surface area (Å²) >= 11 is 0. The first-order valence-electron chi connectivity index (χ1n) is 9.45. The summed E-state index contributed by atoms with van der Waals surface area (Å²) in [6.07, 6.45) is 0. The summed E-state index contributed by atoms with van der Waals surface area (Å²) < 4.78 is 5.52. The Morgan fingerprint density at radius 1 is 0.448 bits per heavy atom. The third kappa shape index (κ3) is 6.83. The van der Waals surface area contributed by atoms with Crippen molar-refractivity contribution in [2.75, 3.05) is 0 Å². The van der Waals surface area contributed by atoms with Crippen LogP contribution in [0.15, 0.2) is 109 Å². The molecule has 0 spiro atoms. The molecule has 0 saturated carbocycles. The quantitative estimate of drug-likeness (QED) is 0.433. The number of ether oxygens (including phenoxy) is 1. The van der Waals surface area contributed by atoms with Gasteiger partial charge in [-0.2, -0.15) is 0 Å². The van der Waals surface area contributed by atoms with Crippen molar-refractivity contribution in [2.24, 2.45) is 0 Å². The Balaban J connectivity index is 0.000000176. The highest BCUT2D eigenvalue weighted by molar-refractivity contribution is 5.62. The van der Waals surface area contributed by atoms with E-state index in [1.165, 1.54) is 11.1 Å². The third-order valence-corrected chi connectivity index (χ3v) is 4.29. The second-order valence-electron chi connectivity index (χ2n) is 6.56. The molecule has 0 aliphatic rings. The van der Waals surface area contributed by atoms with E-state index in [4.69, 9.17) is 14.9 Å². The van der Waals surface area contributed by atoms with E-state index in [9.17, 15) is 0 Å². The van der Waals surface area contributed by atoms with Gasteiger partial charge in [0.15, 0.2) is 0 Å². The van der Waals surface area contributed by atoms with Crippen molar-refractivity contribution in [1.29, 1.82) is 0 Å². The number of rotatable bonds is 5. The predicted octanol–water partition coefficient (Wildman–Crippen LogP) is 6.17. The fourth-order valence-electron chi connectivity index (χ4n) is 2.73. The number of aromatic hydroxyl groups is 2. The topological polar surface area (TPSA) is 49.7 Å². The van der Waals surface area contributed by atoms with Gasteiger partial charge in [-0.1, -0.05) is 84.9 Å². The molecule has 0 radical (unpaired) electrons. The highest BCUT2D eigenvalue weighted by atomic mass is 16.5. The molecule has 0 heterocycles. The number of hydrogen-bond acceptors (Lipinski definition) is 3. The normalized spacial score (nSPS) is 10.1. The van der Waals surface area contributed by atoms with Crippen LogP contribution < -0.4 is 0 Å². The first kappa shape index (κ1) is 20.2. The molecule has 0 aliphatic carbocycles. The molecule has 4 aromatic rings. The molecular formula is C26H24O3. The van der Waals surface area contributed by atoms with E-state index in [0.717, 1.165) is 11.1 Å². The Bertz CT molecular complexity index is 881. The third-order valence-electron chi connectivity index (χ3n) is 4.29. The summed E-state index contributed by atoms with van der Waals surface area (Å²) in [4.78, 5) is 0. The number of phenolic OH excluding ortho intramolecular Hbond substituents is 2. The lowest BCUT2D eigenvalue weighted by molar-refractivity contribution is 0.107. The summed E-state index contributed by atoms with van der Waals surface area (Å²) in [5.74, 6) is 0.513. The zero-order valence-electron chi connectivity index (χ0n) is 16.1. The molecule has 0 amide bonds. The van der Waals surface area contributed by atoms with Gasteiger partial charge >= 0.3 is 0 Å². The van der Waals surface area contributed by atoms with Crippen molar-refractivity contribution in [3.8, 4) is 22.6 Å². The second kappa shape index (κ2) is 10.7. The molecule has 0 fully saturated rings. The van der Waals surface area contributed by atoms with E-state index in [0.29, 0.717) is 13.2 Å². The van der Waals surface area contributed by atoms with Gasteiger partial charge in [0, 0.05) is 0 Å². The van der Waals surface area contributed by atoms with E-state index in [-0.39, 0.29) is 11.5 Å². The molecule has 4 rings (SSSR count). The van der Waals surface area contributed by atoms with Gasteiger partial charge in [0.2, 0.25) is 0 Å². The van der Waals surface area contributed by atoms with Gasteiger partial charge < -0.3 is 14.9 Å². The lowest BCUT2D eigenvalue weighted by Gasteiger charge is -2.05. The van der Waals surface area contributed by atoms with Crippen LogP contribution in [0, 0.1) is 0 Å². The van der Waals surface area contributed by atoms with Crippen molar-refractivity contribution in [3.05, 3.63) is 120 Å². The van der Waals surface area contributed by atoms with Crippen LogP contribution in [0.5, 0.6) is 11.5 Å². The molecule has 29 heavy (non-hydrogen) atoms. The largest absolute Gasteiger partial charge is 0.508 e. The first-order valence-corrected chi connectivity index (χ1v) is 9.45. The Morgan fingerprint density at radius 2 is 0.793 bits per heavy atom. The molecule has 0 atom stereocenters. The fourth-order valence-corrected chi connectivity index (χ4v) is 2.73. The maximum atomic E-state index is 9.12. The van der Waals surface area contributed by atoms with Crippen LogP contribution in [-0.4, -0.2) is 10.2 Å². The number of benzene rings is 4. The number of hydrogen-bond donors (Lipinski definition) is 2. The number of phenols is 2. The lowest BCUT2D eigenvalue weighted by atomic mass is 10.1. The standard InChI is InChI=1S/C14H14O3.C12H10/c15-13-5-1-11(2-6-13)9-17-10-12-3-7-14(16)8-4-12;1-3-7-11(8-4-1)12-9-5-2-6-10-12/h1-8,15-16H,9-10H2;1-10H. The van der Waals surface area contributed by atoms with E-state index < -0.39 is 0 Å². The van der Waals surface area contributed by atoms with Crippen LogP contribution in [-0.2, 0) is 18.0 Å². The van der Waals surface area contributed by atoms with Gasteiger partial charge in [-0.05, 0) is 46.5 Å². The van der Waals surface area contributed by atoms with Crippen LogP contribution >= 0.6 is 0 Å². The van der Waals surface area contributed by atoms with Crippen LogP contribution in [0.4, 0.5) is 0 Å². The van der Waals surface area contributed by atoms with Crippen molar-refractivity contribution < 1.29 is 14.9 Å². The molecule has 2 N–H and O–H groups in total. The molecule has 0 bridgehead atoms. The summed E-state index contributed by atoms with van der Waals surface area (Å²) in [6.45, 7) is 1.00. The van der Waals surface area contributed by atoms with Gasteiger partial charge in [-0.3, -0.25) is 0 Å². The van der Waals surface area contributed by atoms with E-state index in [1.54, 1.807) is 24.3 Å². The summed E-state index contributed by atoms with van der Waals surface area (Å²) in [5.41, 5.74) is 4.58. The van der Waals surface area contributed by atoms with Crippen LogP contribution in [0.25, 0.3) is 11.1 Å². The van der Waals surface area contributed by atoms with E-state index >= 15 is 0 Å². The molecule has 146 valence electrons. The van der Waals surface area contributed by atoms with Crippen LogP contribution in [0.3, 0.4) is 0 Å². The monoisotopic (exact) mass is 384 g/mol. The van der Waals surface area contributed by atoms with Gasteiger partial charge in [0.1, 0.15) is 11.5 Å². The molecule has 0 aliphatic heterocycles. The smallest absolute Gasteiger partial charge is 0.115 e. The van der Waals surface area contributed by atoms with Gasteiger partial charge in [-0.15, -0.1) is 0 Å². The average molecular weight is 384 g/mol. The predicted molar refractivity (Wildman–Crippen MR) is 117 cm³/mol. The van der Waals surface area contributed by atoms with Crippen molar-refractivity contribution in [3.63, 3.8) is 0 Å².